The monoisotopic (exact) mass is 264 g/mol. The molecular formula is C15H24N2O2. The summed E-state index contributed by atoms with van der Waals surface area (Å²) in [6.45, 7) is 8.10. The maximum atomic E-state index is 12.0. The number of amides is 1. The van der Waals surface area contributed by atoms with Gasteiger partial charge in [0.05, 0.1) is 0 Å². The van der Waals surface area contributed by atoms with Crippen molar-refractivity contribution in [3.8, 4) is 0 Å². The highest BCUT2D eigenvalue weighted by atomic mass is 16.3. The van der Waals surface area contributed by atoms with Crippen molar-refractivity contribution in [3.05, 3.63) is 30.1 Å². The number of rotatable bonds is 6. The molecule has 1 unspecified atom stereocenters. The van der Waals surface area contributed by atoms with Crippen LogP contribution in [-0.2, 0) is 10.2 Å². The predicted octanol–water partition coefficient (Wildman–Crippen LogP) is 2.03. The number of pyridine rings is 1. The van der Waals surface area contributed by atoms with E-state index in [0.717, 1.165) is 12.0 Å². The summed E-state index contributed by atoms with van der Waals surface area (Å²) in [6, 6.07) is 3.88. The van der Waals surface area contributed by atoms with Crippen LogP contribution in [0.4, 0.5) is 0 Å². The third-order valence-corrected chi connectivity index (χ3v) is 3.38. The first-order valence-electron chi connectivity index (χ1n) is 6.71. The van der Waals surface area contributed by atoms with Gasteiger partial charge in [-0.25, -0.2) is 0 Å². The van der Waals surface area contributed by atoms with Crippen molar-refractivity contribution in [1.82, 2.24) is 10.3 Å². The van der Waals surface area contributed by atoms with Crippen LogP contribution in [-0.4, -0.2) is 28.1 Å². The molecule has 4 nitrogen and oxygen atoms in total. The van der Waals surface area contributed by atoms with Gasteiger partial charge in [-0.2, -0.15) is 0 Å². The molecule has 0 aromatic carbocycles. The zero-order valence-electron chi connectivity index (χ0n) is 12.2. The van der Waals surface area contributed by atoms with E-state index in [4.69, 9.17) is 0 Å². The fourth-order valence-corrected chi connectivity index (χ4v) is 2.00. The number of carbonyl (C=O) groups is 1. The molecule has 0 aliphatic rings. The molecule has 0 radical (unpaired) electrons. The molecule has 4 heteroatoms. The van der Waals surface area contributed by atoms with Crippen LogP contribution in [0.5, 0.6) is 0 Å². The molecule has 0 saturated heterocycles. The maximum absolute atomic E-state index is 12.0. The van der Waals surface area contributed by atoms with Crippen LogP contribution in [0.15, 0.2) is 24.5 Å². The number of nitrogens with one attached hydrogen (secondary N) is 1. The van der Waals surface area contributed by atoms with Crippen LogP contribution in [0.25, 0.3) is 0 Å². The smallest absolute Gasteiger partial charge is 0.251 e. The normalized spacial score (nSPS) is 14.8. The molecule has 0 bridgehead atoms. The lowest BCUT2D eigenvalue weighted by Gasteiger charge is -2.28. The molecule has 1 atom stereocenters. The Kier molecular flexibility index (Phi) is 5.06. The van der Waals surface area contributed by atoms with Gasteiger partial charge in [0.25, 0.3) is 5.91 Å². The van der Waals surface area contributed by atoms with Gasteiger partial charge in [0, 0.05) is 24.4 Å². The first-order valence-corrected chi connectivity index (χ1v) is 6.71. The summed E-state index contributed by atoms with van der Waals surface area (Å²) in [4.78, 5) is 15.9. The molecule has 1 aromatic heterocycles. The minimum absolute atomic E-state index is 0.194. The van der Waals surface area contributed by atoms with Gasteiger partial charge in [-0.3, -0.25) is 9.78 Å². The molecular weight excluding hydrogens is 240 g/mol. The number of nitrogens with zero attached hydrogens (tertiary/aromatic N) is 1. The summed E-state index contributed by atoms with van der Waals surface area (Å²) in [6.07, 6.45) is 4.72. The molecule has 2 N–H and O–H groups in total. The molecule has 0 aliphatic carbocycles. The Morgan fingerprint density at radius 1 is 1.32 bits per heavy atom. The first-order chi connectivity index (χ1) is 8.79. The van der Waals surface area contributed by atoms with E-state index in [1.807, 2.05) is 19.1 Å². The van der Waals surface area contributed by atoms with Crippen LogP contribution < -0.4 is 5.32 Å². The van der Waals surface area contributed by atoms with E-state index < -0.39 is 5.60 Å². The van der Waals surface area contributed by atoms with Gasteiger partial charge in [-0.05, 0) is 31.0 Å². The Morgan fingerprint density at radius 3 is 2.42 bits per heavy atom. The lowest BCUT2D eigenvalue weighted by atomic mass is 9.85. The van der Waals surface area contributed by atoms with E-state index in [2.05, 4.69) is 24.1 Å². The highest BCUT2D eigenvalue weighted by molar-refractivity contribution is 5.84. The Morgan fingerprint density at radius 2 is 1.89 bits per heavy atom. The molecule has 106 valence electrons. The van der Waals surface area contributed by atoms with Crippen LogP contribution >= 0.6 is 0 Å². The summed E-state index contributed by atoms with van der Waals surface area (Å²) >= 11 is 0. The molecule has 1 amide bonds. The standard InChI is InChI=1S/C15H24N2O2/c1-5-8-15(4,19)13(18)17-11-14(2,3)12-6-9-16-10-7-12/h6-7,9-10,19H,5,8,11H2,1-4H3,(H,17,18). The zero-order valence-corrected chi connectivity index (χ0v) is 12.2. The number of hydrogen-bond acceptors (Lipinski definition) is 3. The van der Waals surface area contributed by atoms with Gasteiger partial charge in [0.1, 0.15) is 5.60 Å². The third-order valence-electron chi connectivity index (χ3n) is 3.38. The average molecular weight is 264 g/mol. The zero-order chi connectivity index (χ0) is 14.5. The molecule has 1 rings (SSSR count). The highest BCUT2D eigenvalue weighted by Gasteiger charge is 2.30. The minimum atomic E-state index is -1.29. The number of hydrogen-bond donors (Lipinski definition) is 2. The lowest BCUT2D eigenvalue weighted by Crippen LogP contribution is -2.48. The quantitative estimate of drug-likeness (QED) is 0.826. The summed E-state index contributed by atoms with van der Waals surface area (Å²) in [7, 11) is 0. The Labute approximate surface area is 115 Å². The van der Waals surface area contributed by atoms with E-state index >= 15 is 0 Å². The Bertz CT molecular complexity index is 413. The van der Waals surface area contributed by atoms with E-state index in [-0.39, 0.29) is 11.3 Å². The van der Waals surface area contributed by atoms with Crippen LogP contribution in [0, 0.1) is 0 Å². The van der Waals surface area contributed by atoms with Crippen LogP contribution in [0.2, 0.25) is 0 Å². The molecule has 1 heterocycles. The highest BCUT2D eigenvalue weighted by Crippen LogP contribution is 2.21. The average Bonchev–Trinajstić information content (AvgIpc) is 2.37. The molecule has 0 aliphatic heterocycles. The van der Waals surface area contributed by atoms with Gasteiger partial charge in [-0.1, -0.05) is 27.2 Å². The summed E-state index contributed by atoms with van der Waals surface area (Å²) in [5, 5.41) is 12.9. The van der Waals surface area contributed by atoms with Crippen molar-refractivity contribution in [2.75, 3.05) is 6.54 Å². The van der Waals surface area contributed by atoms with Gasteiger partial charge in [0.15, 0.2) is 0 Å². The summed E-state index contributed by atoms with van der Waals surface area (Å²) < 4.78 is 0. The van der Waals surface area contributed by atoms with Crippen LogP contribution in [0.1, 0.15) is 46.1 Å². The van der Waals surface area contributed by atoms with Crippen molar-refractivity contribution in [1.29, 1.82) is 0 Å². The second-order valence-electron chi connectivity index (χ2n) is 5.83. The number of aliphatic hydroxyl groups is 1. The molecule has 0 spiro atoms. The first kappa shape index (κ1) is 15.6. The van der Waals surface area contributed by atoms with Crippen molar-refractivity contribution in [2.24, 2.45) is 0 Å². The number of carbonyl (C=O) groups excluding carboxylic acids is 1. The van der Waals surface area contributed by atoms with Crippen molar-refractivity contribution < 1.29 is 9.90 Å². The third kappa shape index (κ3) is 4.31. The number of aromatic nitrogens is 1. The van der Waals surface area contributed by atoms with E-state index in [1.54, 1.807) is 19.3 Å². The van der Waals surface area contributed by atoms with Crippen LogP contribution in [0.3, 0.4) is 0 Å². The summed E-state index contributed by atoms with van der Waals surface area (Å²) in [5.41, 5.74) is -0.373. The second-order valence-corrected chi connectivity index (χ2v) is 5.83. The topological polar surface area (TPSA) is 62.2 Å². The molecule has 19 heavy (non-hydrogen) atoms. The SMILES string of the molecule is CCCC(C)(O)C(=O)NCC(C)(C)c1ccncc1. The molecule has 1 aromatic rings. The fraction of sp³-hybridized carbons (Fsp3) is 0.600. The van der Waals surface area contributed by atoms with Crippen molar-refractivity contribution >= 4 is 5.91 Å². The molecule has 0 fully saturated rings. The van der Waals surface area contributed by atoms with Gasteiger partial charge in [-0.15, -0.1) is 0 Å². The van der Waals surface area contributed by atoms with Gasteiger partial charge in [0.2, 0.25) is 0 Å². The Hall–Kier alpha value is -1.42. The second kappa shape index (κ2) is 6.15. The van der Waals surface area contributed by atoms with E-state index in [1.165, 1.54) is 0 Å². The maximum Gasteiger partial charge on any atom is 0.251 e. The van der Waals surface area contributed by atoms with E-state index in [9.17, 15) is 9.90 Å². The minimum Gasteiger partial charge on any atom is -0.380 e. The van der Waals surface area contributed by atoms with E-state index in [0.29, 0.717) is 13.0 Å². The van der Waals surface area contributed by atoms with Gasteiger partial charge >= 0.3 is 0 Å². The van der Waals surface area contributed by atoms with Crippen molar-refractivity contribution in [3.63, 3.8) is 0 Å². The van der Waals surface area contributed by atoms with Crippen molar-refractivity contribution in [2.45, 2.75) is 51.6 Å². The fourth-order valence-electron chi connectivity index (χ4n) is 2.00. The predicted molar refractivity (Wildman–Crippen MR) is 75.8 cm³/mol. The Balaban J connectivity index is 2.64. The molecule has 0 saturated carbocycles. The largest absolute Gasteiger partial charge is 0.380 e. The lowest BCUT2D eigenvalue weighted by molar-refractivity contribution is -0.139. The summed E-state index contributed by atoms with van der Waals surface area (Å²) in [5.74, 6) is -0.309. The van der Waals surface area contributed by atoms with Gasteiger partial charge < -0.3 is 10.4 Å².